The van der Waals surface area contributed by atoms with Gasteiger partial charge in [0.2, 0.25) is 0 Å². The van der Waals surface area contributed by atoms with Gasteiger partial charge >= 0.3 is 0 Å². The Morgan fingerprint density at radius 3 is 2.35 bits per heavy atom. The molecule has 2 aromatic carbocycles. The summed E-state index contributed by atoms with van der Waals surface area (Å²) in [6.45, 7) is 0.439. The predicted octanol–water partition coefficient (Wildman–Crippen LogP) is 4.18. The van der Waals surface area contributed by atoms with E-state index in [1.165, 1.54) is 0 Å². The Morgan fingerprint density at radius 1 is 0.900 bits per heavy atom. The second-order valence-corrected chi connectivity index (χ2v) is 4.78. The molecule has 0 N–H and O–H groups in total. The molecule has 0 aromatic heterocycles. The summed E-state index contributed by atoms with van der Waals surface area (Å²) in [5.41, 5.74) is 2.15. The molecule has 106 valence electrons. The van der Waals surface area contributed by atoms with Crippen molar-refractivity contribution in [3.8, 4) is 17.2 Å². The molecular formula is C16H17BrO3. The smallest absolute Gasteiger partial charge is 0.161 e. The zero-order valence-electron chi connectivity index (χ0n) is 11.6. The van der Waals surface area contributed by atoms with E-state index in [1.54, 1.807) is 14.2 Å². The van der Waals surface area contributed by atoms with Crippen LogP contribution in [-0.4, -0.2) is 14.2 Å². The molecule has 3 nitrogen and oxygen atoms in total. The van der Waals surface area contributed by atoms with Gasteiger partial charge in [0.1, 0.15) is 12.4 Å². The Labute approximate surface area is 127 Å². The van der Waals surface area contributed by atoms with Gasteiger partial charge in [-0.3, -0.25) is 0 Å². The zero-order chi connectivity index (χ0) is 14.4. The Hall–Kier alpha value is -1.68. The van der Waals surface area contributed by atoms with Crippen molar-refractivity contribution in [2.75, 3.05) is 14.2 Å². The van der Waals surface area contributed by atoms with Crippen molar-refractivity contribution in [2.45, 2.75) is 11.9 Å². The second-order valence-electron chi connectivity index (χ2n) is 4.22. The maximum absolute atomic E-state index is 5.84. The average Bonchev–Trinajstić information content (AvgIpc) is 2.52. The molecule has 0 amide bonds. The Morgan fingerprint density at radius 2 is 1.65 bits per heavy atom. The van der Waals surface area contributed by atoms with Crippen LogP contribution in [0.1, 0.15) is 11.1 Å². The van der Waals surface area contributed by atoms with Crippen molar-refractivity contribution in [3.05, 3.63) is 53.6 Å². The number of methoxy groups -OCH3 is 2. The van der Waals surface area contributed by atoms with Crippen LogP contribution in [0.2, 0.25) is 0 Å². The zero-order valence-corrected chi connectivity index (χ0v) is 13.1. The van der Waals surface area contributed by atoms with Crippen LogP contribution in [0.15, 0.2) is 42.5 Å². The van der Waals surface area contributed by atoms with E-state index in [1.807, 2.05) is 42.5 Å². The number of benzene rings is 2. The second kappa shape index (κ2) is 7.20. The van der Waals surface area contributed by atoms with E-state index in [0.29, 0.717) is 6.61 Å². The van der Waals surface area contributed by atoms with Gasteiger partial charge in [-0.2, -0.15) is 0 Å². The van der Waals surface area contributed by atoms with Crippen LogP contribution >= 0.6 is 15.9 Å². The Balaban J connectivity index is 2.14. The van der Waals surface area contributed by atoms with E-state index in [-0.39, 0.29) is 0 Å². The molecule has 0 atom stereocenters. The standard InChI is InChI=1S/C16H17BrO3/c1-18-14-6-4-3-5-13(14)11-20-15-8-7-12(10-17)9-16(15)19-2/h3-9H,10-11H2,1-2H3. The van der Waals surface area contributed by atoms with Crippen molar-refractivity contribution in [1.82, 2.24) is 0 Å². The fourth-order valence-electron chi connectivity index (χ4n) is 1.89. The number of para-hydroxylation sites is 1. The largest absolute Gasteiger partial charge is 0.496 e. The highest BCUT2D eigenvalue weighted by Gasteiger charge is 2.07. The van der Waals surface area contributed by atoms with Crippen LogP contribution in [0.25, 0.3) is 0 Å². The minimum Gasteiger partial charge on any atom is -0.496 e. The first kappa shape index (κ1) is 14.7. The molecule has 0 saturated heterocycles. The molecule has 0 aliphatic heterocycles. The van der Waals surface area contributed by atoms with E-state index >= 15 is 0 Å². The fraction of sp³-hybridized carbons (Fsp3) is 0.250. The van der Waals surface area contributed by atoms with Gasteiger partial charge in [0.15, 0.2) is 11.5 Å². The van der Waals surface area contributed by atoms with Gasteiger partial charge in [-0.1, -0.05) is 40.2 Å². The van der Waals surface area contributed by atoms with Gasteiger partial charge in [0.25, 0.3) is 0 Å². The molecule has 0 radical (unpaired) electrons. The van der Waals surface area contributed by atoms with Gasteiger partial charge in [-0.05, 0) is 23.8 Å². The Bertz CT molecular complexity index is 569. The fourth-order valence-corrected chi connectivity index (χ4v) is 2.24. The lowest BCUT2D eigenvalue weighted by Gasteiger charge is -2.13. The summed E-state index contributed by atoms with van der Waals surface area (Å²) in [5, 5.41) is 0.788. The van der Waals surface area contributed by atoms with Gasteiger partial charge in [0, 0.05) is 10.9 Å². The molecule has 0 aliphatic rings. The van der Waals surface area contributed by atoms with Crippen molar-refractivity contribution < 1.29 is 14.2 Å². The quantitative estimate of drug-likeness (QED) is 0.740. The molecule has 0 aliphatic carbocycles. The minimum absolute atomic E-state index is 0.439. The van der Waals surface area contributed by atoms with Crippen molar-refractivity contribution in [2.24, 2.45) is 0 Å². The van der Waals surface area contributed by atoms with Gasteiger partial charge in [-0.25, -0.2) is 0 Å². The van der Waals surface area contributed by atoms with Crippen molar-refractivity contribution in [1.29, 1.82) is 0 Å². The van der Waals surface area contributed by atoms with Crippen LogP contribution in [0.3, 0.4) is 0 Å². The third kappa shape index (κ3) is 3.45. The molecule has 0 spiro atoms. The number of alkyl halides is 1. The molecule has 0 heterocycles. The lowest BCUT2D eigenvalue weighted by Crippen LogP contribution is -2.00. The summed E-state index contributed by atoms with van der Waals surface area (Å²) in [7, 11) is 3.30. The molecule has 0 saturated carbocycles. The number of halogens is 1. The summed E-state index contributed by atoms with van der Waals surface area (Å²) >= 11 is 3.43. The molecule has 20 heavy (non-hydrogen) atoms. The normalized spacial score (nSPS) is 10.2. The summed E-state index contributed by atoms with van der Waals surface area (Å²) in [4.78, 5) is 0. The Kier molecular flexibility index (Phi) is 5.30. The van der Waals surface area contributed by atoms with Crippen LogP contribution in [0.4, 0.5) is 0 Å². The van der Waals surface area contributed by atoms with Crippen molar-refractivity contribution in [3.63, 3.8) is 0 Å². The topological polar surface area (TPSA) is 27.7 Å². The minimum atomic E-state index is 0.439. The molecular weight excluding hydrogens is 320 g/mol. The summed E-state index contributed by atoms with van der Waals surface area (Å²) in [5.74, 6) is 2.28. The number of rotatable bonds is 6. The molecule has 0 fully saturated rings. The average molecular weight is 337 g/mol. The first-order chi connectivity index (χ1) is 9.78. The number of hydrogen-bond donors (Lipinski definition) is 0. The molecule has 0 bridgehead atoms. The van der Waals surface area contributed by atoms with Crippen LogP contribution < -0.4 is 14.2 Å². The van der Waals surface area contributed by atoms with Crippen LogP contribution in [0.5, 0.6) is 17.2 Å². The third-order valence-corrected chi connectivity index (χ3v) is 3.61. The van der Waals surface area contributed by atoms with E-state index in [2.05, 4.69) is 15.9 Å². The first-order valence-corrected chi connectivity index (χ1v) is 7.38. The number of ether oxygens (including phenoxy) is 3. The van der Waals surface area contributed by atoms with E-state index in [9.17, 15) is 0 Å². The third-order valence-electron chi connectivity index (χ3n) is 2.96. The summed E-state index contributed by atoms with van der Waals surface area (Å²) < 4.78 is 16.5. The number of hydrogen-bond acceptors (Lipinski definition) is 3. The first-order valence-electron chi connectivity index (χ1n) is 6.26. The molecule has 4 heteroatoms. The maximum Gasteiger partial charge on any atom is 0.161 e. The maximum atomic E-state index is 5.84. The predicted molar refractivity (Wildman–Crippen MR) is 83.0 cm³/mol. The van der Waals surface area contributed by atoms with Crippen LogP contribution in [0, 0.1) is 0 Å². The van der Waals surface area contributed by atoms with Gasteiger partial charge in [-0.15, -0.1) is 0 Å². The molecule has 0 unspecified atom stereocenters. The highest BCUT2D eigenvalue weighted by Crippen LogP contribution is 2.30. The highest BCUT2D eigenvalue weighted by molar-refractivity contribution is 9.08. The van der Waals surface area contributed by atoms with Gasteiger partial charge < -0.3 is 14.2 Å². The van der Waals surface area contributed by atoms with E-state index in [4.69, 9.17) is 14.2 Å². The highest BCUT2D eigenvalue weighted by atomic mass is 79.9. The lowest BCUT2D eigenvalue weighted by molar-refractivity contribution is 0.278. The van der Waals surface area contributed by atoms with Gasteiger partial charge in [0.05, 0.1) is 14.2 Å². The van der Waals surface area contributed by atoms with Crippen molar-refractivity contribution >= 4 is 15.9 Å². The molecule has 2 aromatic rings. The van der Waals surface area contributed by atoms with Crippen LogP contribution in [-0.2, 0) is 11.9 Å². The SMILES string of the molecule is COc1ccccc1COc1ccc(CBr)cc1OC. The van der Waals surface area contributed by atoms with E-state index in [0.717, 1.165) is 33.7 Å². The lowest BCUT2D eigenvalue weighted by atomic mass is 10.2. The van der Waals surface area contributed by atoms with E-state index < -0.39 is 0 Å². The monoisotopic (exact) mass is 336 g/mol. The summed E-state index contributed by atoms with van der Waals surface area (Å²) in [6, 6.07) is 13.7. The molecule has 2 rings (SSSR count). The summed E-state index contributed by atoms with van der Waals surface area (Å²) in [6.07, 6.45) is 0.